The minimum atomic E-state index is -4.72. The number of amides is 1. The highest BCUT2D eigenvalue weighted by Gasteiger charge is 2.40. The van der Waals surface area contributed by atoms with Crippen molar-refractivity contribution in [2.75, 3.05) is 5.32 Å². The molecule has 1 heterocycles. The fraction of sp³-hybridized carbons (Fsp3) is 0.185. The maximum Gasteiger partial charge on any atom is 0.416 e. The molecule has 1 aliphatic carbocycles. The number of aromatic nitrogens is 2. The Balaban J connectivity index is 1.56. The van der Waals surface area contributed by atoms with Crippen molar-refractivity contribution in [2.45, 2.75) is 31.9 Å². The number of carbonyl (C=O) groups is 1. The zero-order valence-corrected chi connectivity index (χ0v) is 19.8. The van der Waals surface area contributed by atoms with Crippen molar-refractivity contribution in [1.29, 1.82) is 0 Å². The molecule has 4 aromatic rings. The summed E-state index contributed by atoms with van der Waals surface area (Å²) in [6.07, 6.45) is -3.57. The van der Waals surface area contributed by atoms with Crippen molar-refractivity contribution in [1.82, 2.24) is 10.2 Å². The molecule has 11 heteroatoms. The van der Waals surface area contributed by atoms with E-state index in [0.29, 0.717) is 18.4 Å². The Morgan fingerprint density at radius 3 is 2.45 bits per heavy atom. The van der Waals surface area contributed by atoms with Crippen molar-refractivity contribution in [2.24, 2.45) is 0 Å². The van der Waals surface area contributed by atoms with E-state index < -0.39 is 34.8 Å². The molecule has 0 aliphatic heterocycles. The van der Waals surface area contributed by atoms with Gasteiger partial charge in [-0.15, -0.1) is 5.10 Å². The molecule has 0 radical (unpaired) electrons. The summed E-state index contributed by atoms with van der Waals surface area (Å²) < 4.78 is 75.8. The van der Waals surface area contributed by atoms with Gasteiger partial charge in [0.25, 0.3) is 5.91 Å². The lowest BCUT2D eigenvalue weighted by atomic mass is 9.98. The maximum absolute atomic E-state index is 14.4. The molecule has 1 saturated carbocycles. The van der Waals surface area contributed by atoms with E-state index in [-0.39, 0.29) is 45.8 Å². The summed E-state index contributed by atoms with van der Waals surface area (Å²) in [4.78, 5) is 13.3. The van der Waals surface area contributed by atoms with Gasteiger partial charge in [-0.25, -0.2) is 8.78 Å². The fourth-order valence-electron chi connectivity index (χ4n) is 4.14. The molecule has 1 fully saturated rings. The molecule has 3 aromatic carbocycles. The molecule has 0 unspecified atom stereocenters. The SMILES string of the molecule is Cc1cc(F)ccc1Oc1cc(C2CC2)c(C(F)(F)F)cc1C(=O)Nc1ccc(F)c(-c2cc(O)n[nH]2)c1. The zero-order valence-electron chi connectivity index (χ0n) is 19.8. The number of rotatable bonds is 6. The number of aryl methyl sites for hydroxylation is 1. The van der Waals surface area contributed by atoms with E-state index in [4.69, 9.17) is 4.74 Å². The number of anilines is 1. The summed E-state index contributed by atoms with van der Waals surface area (Å²) >= 11 is 0. The van der Waals surface area contributed by atoms with Gasteiger partial charge in [0.2, 0.25) is 5.88 Å². The van der Waals surface area contributed by atoms with Gasteiger partial charge in [-0.3, -0.25) is 9.89 Å². The first-order valence-corrected chi connectivity index (χ1v) is 11.5. The number of nitrogens with one attached hydrogen (secondary N) is 2. The Morgan fingerprint density at radius 1 is 1.05 bits per heavy atom. The second kappa shape index (κ2) is 9.47. The van der Waals surface area contributed by atoms with Gasteiger partial charge >= 0.3 is 6.18 Å². The van der Waals surface area contributed by atoms with Crippen LogP contribution in [0.4, 0.5) is 27.6 Å². The van der Waals surface area contributed by atoms with E-state index in [1.54, 1.807) is 6.92 Å². The number of aromatic amines is 1. The van der Waals surface area contributed by atoms with Crippen molar-refractivity contribution in [3.8, 4) is 28.6 Å². The summed E-state index contributed by atoms with van der Waals surface area (Å²) in [5.41, 5.74) is -0.780. The van der Waals surface area contributed by atoms with E-state index in [1.165, 1.54) is 36.4 Å². The first kappa shape index (κ1) is 25.2. The average molecular weight is 529 g/mol. The maximum atomic E-state index is 14.4. The average Bonchev–Trinajstić information content (AvgIpc) is 3.61. The normalized spacial score (nSPS) is 13.4. The third kappa shape index (κ3) is 5.17. The van der Waals surface area contributed by atoms with E-state index in [9.17, 15) is 31.9 Å². The Hall–Kier alpha value is -4.41. The van der Waals surface area contributed by atoms with Gasteiger partial charge in [-0.2, -0.15) is 13.2 Å². The summed E-state index contributed by atoms with van der Waals surface area (Å²) in [5, 5.41) is 17.9. The quantitative estimate of drug-likeness (QED) is 0.229. The molecule has 6 nitrogen and oxygen atoms in total. The standard InChI is InChI=1S/C27H20F5N3O3/c1-13-8-15(28)4-7-23(13)38-24-11-17(14-2-3-14)20(27(30,31)32)10-19(24)26(37)33-16-5-6-21(29)18(9-16)22-12-25(36)35-34-22/h4-12,14H,2-3H2,1H3,(H,33,37)(H2,34,35,36). The number of halogens is 5. The monoisotopic (exact) mass is 529 g/mol. The number of ether oxygens (including phenoxy) is 1. The summed E-state index contributed by atoms with van der Waals surface area (Å²) in [5.74, 6) is -2.78. The van der Waals surface area contributed by atoms with E-state index in [2.05, 4.69) is 15.5 Å². The highest BCUT2D eigenvalue weighted by atomic mass is 19.4. The van der Waals surface area contributed by atoms with Crippen LogP contribution < -0.4 is 10.1 Å². The van der Waals surface area contributed by atoms with Crippen molar-refractivity contribution in [3.63, 3.8) is 0 Å². The molecule has 3 N–H and O–H groups in total. The number of hydrogen-bond donors (Lipinski definition) is 3. The highest BCUT2D eigenvalue weighted by molar-refractivity contribution is 6.06. The number of aromatic hydroxyl groups is 1. The van der Waals surface area contributed by atoms with Crippen LogP contribution in [0.5, 0.6) is 17.4 Å². The van der Waals surface area contributed by atoms with Crippen LogP contribution in [-0.4, -0.2) is 21.2 Å². The number of hydrogen-bond acceptors (Lipinski definition) is 4. The molecule has 0 bridgehead atoms. The van der Waals surface area contributed by atoms with Gasteiger partial charge < -0.3 is 15.2 Å². The molecule has 1 aromatic heterocycles. The van der Waals surface area contributed by atoms with Gasteiger partial charge in [0.1, 0.15) is 23.1 Å². The summed E-state index contributed by atoms with van der Waals surface area (Å²) in [6, 6.07) is 10.3. The van der Waals surface area contributed by atoms with Crippen molar-refractivity contribution >= 4 is 11.6 Å². The molecule has 1 amide bonds. The predicted octanol–water partition coefficient (Wildman–Crippen LogP) is 7.31. The molecule has 5 rings (SSSR count). The number of alkyl halides is 3. The lowest BCUT2D eigenvalue weighted by molar-refractivity contribution is -0.138. The Labute approximate surface area is 213 Å². The van der Waals surface area contributed by atoms with Gasteiger partial charge in [0, 0.05) is 17.3 Å². The van der Waals surface area contributed by atoms with Crippen LogP contribution in [0.2, 0.25) is 0 Å². The molecule has 0 atom stereocenters. The number of benzene rings is 3. The van der Waals surface area contributed by atoms with Gasteiger partial charge in [0.15, 0.2) is 0 Å². The molecule has 0 saturated heterocycles. The van der Waals surface area contributed by atoms with Crippen LogP contribution in [0.3, 0.4) is 0 Å². The van der Waals surface area contributed by atoms with Crippen LogP contribution >= 0.6 is 0 Å². The van der Waals surface area contributed by atoms with Gasteiger partial charge in [-0.1, -0.05) is 0 Å². The Morgan fingerprint density at radius 2 is 1.82 bits per heavy atom. The molecule has 1 aliphatic rings. The van der Waals surface area contributed by atoms with Crippen LogP contribution in [0.15, 0.2) is 54.6 Å². The lowest BCUT2D eigenvalue weighted by Crippen LogP contribution is -2.17. The van der Waals surface area contributed by atoms with E-state index >= 15 is 0 Å². The van der Waals surface area contributed by atoms with Crippen molar-refractivity contribution in [3.05, 3.63) is 88.5 Å². The minimum absolute atomic E-state index is 0.0203. The zero-order chi connectivity index (χ0) is 27.2. The largest absolute Gasteiger partial charge is 0.492 e. The third-order valence-electron chi connectivity index (χ3n) is 6.15. The van der Waals surface area contributed by atoms with Gasteiger partial charge in [0.05, 0.1) is 16.8 Å². The molecule has 196 valence electrons. The summed E-state index contributed by atoms with van der Waals surface area (Å²) in [7, 11) is 0. The number of nitrogens with zero attached hydrogens (tertiary/aromatic N) is 1. The molecule has 38 heavy (non-hydrogen) atoms. The van der Waals surface area contributed by atoms with E-state index in [0.717, 1.165) is 18.2 Å². The minimum Gasteiger partial charge on any atom is -0.492 e. The molecule has 0 spiro atoms. The lowest BCUT2D eigenvalue weighted by Gasteiger charge is -2.19. The first-order valence-electron chi connectivity index (χ1n) is 11.5. The molecular weight excluding hydrogens is 509 g/mol. The van der Waals surface area contributed by atoms with Crippen LogP contribution in [-0.2, 0) is 6.18 Å². The smallest absolute Gasteiger partial charge is 0.416 e. The van der Waals surface area contributed by atoms with Gasteiger partial charge in [-0.05, 0) is 85.3 Å². The van der Waals surface area contributed by atoms with Crippen LogP contribution in [0, 0.1) is 18.6 Å². The third-order valence-corrected chi connectivity index (χ3v) is 6.15. The Bertz CT molecular complexity index is 1540. The van der Waals surface area contributed by atoms with Crippen LogP contribution in [0.25, 0.3) is 11.3 Å². The first-order chi connectivity index (χ1) is 18.0. The summed E-state index contributed by atoms with van der Waals surface area (Å²) in [6.45, 7) is 1.57. The Kier molecular flexibility index (Phi) is 6.29. The number of carbonyl (C=O) groups excluding carboxylic acids is 1. The van der Waals surface area contributed by atoms with Crippen molar-refractivity contribution < 1.29 is 36.6 Å². The number of H-pyrrole nitrogens is 1. The topological polar surface area (TPSA) is 87.2 Å². The van der Waals surface area contributed by atoms with Crippen LogP contribution in [0.1, 0.15) is 45.8 Å². The highest BCUT2D eigenvalue weighted by Crippen LogP contribution is 2.48. The second-order valence-corrected chi connectivity index (χ2v) is 9.01. The fourth-order valence-corrected chi connectivity index (χ4v) is 4.14. The van der Waals surface area contributed by atoms with E-state index in [1.807, 2.05) is 0 Å². The second-order valence-electron chi connectivity index (χ2n) is 9.01. The predicted molar refractivity (Wildman–Crippen MR) is 128 cm³/mol. The molecular formula is C27H20F5N3O3.